The van der Waals surface area contributed by atoms with Gasteiger partial charge in [-0.05, 0) is 69.8 Å². The van der Waals surface area contributed by atoms with E-state index in [4.69, 9.17) is 0 Å². The van der Waals surface area contributed by atoms with Crippen LogP contribution in [0.15, 0.2) is 36.5 Å². The molecule has 2 aromatic rings. The summed E-state index contributed by atoms with van der Waals surface area (Å²) in [5.41, 5.74) is 2.32. The third-order valence-corrected chi connectivity index (χ3v) is 6.99. The summed E-state index contributed by atoms with van der Waals surface area (Å²) in [5.74, 6) is 0.649. The van der Waals surface area contributed by atoms with Crippen LogP contribution in [0.1, 0.15) is 39.2 Å². The number of amides is 1. The highest BCUT2D eigenvalue weighted by molar-refractivity contribution is 5.78. The zero-order valence-electron chi connectivity index (χ0n) is 18.8. The van der Waals surface area contributed by atoms with E-state index in [1.807, 2.05) is 12.3 Å². The third kappa shape index (κ3) is 5.01. The van der Waals surface area contributed by atoms with E-state index in [2.05, 4.69) is 57.8 Å². The summed E-state index contributed by atoms with van der Waals surface area (Å²) in [6.45, 7) is 12.5. The maximum atomic E-state index is 12.2. The van der Waals surface area contributed by atoms with Gasteiger partial charge < -0.3 is 9.80 Å². The summed E-state index contributed by atoms with van der Waals surface area (Å²) in [6, 6.07) is 11.9. The minimum atomic E-state index is 0.202. The largest absolute Gasteiger partial charge is 0.341 e. The third-order valence-electron chi connectivity index (χ3n) is 6.99. The molecular weight excluding hydrogens is 372 g/mol. The number of fused-ring (bicyclic) bond motifs is 1. The molecule has 0 bridgehead atoms. The minimum Gasteiger partial charge on any atom is -0.341 e. The molecule has 5 nitrogen and oxygen atoms in total. The maximum Gasteiger partial charge on any atom is 0.219 e. The minimum absolute atomic E-state index is 0.202. The highest BCUT2D eigenvalue weighted by Gasteiger charge is 2.31. The summed E-state index contributed by atoms with van der Waals surface area (Å²) in [6.07, 6.45) is 5.48. The van der Waals surface area contributed by atoms with Crippen LogP contribution >= 0.6 is 0 Å². The predicted octanol–water partition coefficient (Wildman–Crippen LogP) is 3.43. The van der Waals surface area contributed by atoms with Gasteiger partial charge in [0.1, 0.15) is 0 Å². The fourth-order valence-corrected chi connectivity index (χ4v) is 5.21. The molecule has 162 valence electrons. The number of benzene rings is 1. The van der Waals surface area contributed by atoms with Crippen LogP contribution in [0.3, 0.4) is 0 Å². The Kier molecular flexibility index (Phi) is 6.69. The molecule has 4 rings (SSSR count). The summed E-state index contributed by atoms with van der Waals surface area (Å²) >= 11 is 0. The first-order valence-corrected chi connectivity index (χ1v) is 11.6. The molecule has 1 atom stereocenters. The normalized spacial score (nSPS) is 22.5. The Morgan fingerprint density at radius 1 is 1.10 bits per heavy atom. The number of rotatable bonds is 4. The van der Waals surface area contributed by atoms with E-state index in [1.165, 1.54) is 36.9 Å². The average Bonchev–Trinajstić information content (AvgIpc) is 2.96. The Morgan fingerprint density at radius 3 is 2.60 bits per heavy atom. The molecule has 1 aromatic heterocycles. The molecule has 2 aliphatic rings. The topological polar surface area (TPSA) is 39.7 Å². The quantitative estimate of drug-likeness (QED) is 0.777. The zero-order valence-corrected chi connectivity index (χ0v) is 18.8. The molecule has 2 aliphatic heterocycles. The lowest BCUT2D eigenvalue weighted by Gasteiger charge is -2.40. The van der Waals surface area contributed by atoms with Crippen LogP contribution < -0.4 is 0 Å². The number of likely N-dealkylation sites (tertiary alicyclic amines) is 1. The Morgan fingerprint density at radius 2 is 1.87 bits per heavy atom. The molecule has 2 fully saturated rings. The molecular formula is C25H36N4O. The number of nitrogens with zero attached hydrogens (tertiary/aromatic N) is 4. The molecule has 2 saturated heterocycles. The lowest BCUT2D eigenvalue weighted by Crippen LogP contribution is -2.48. The Hall–Kier alpha value is -1.98. The number of hydrogen-bond acceptors (Lipinski definition) is 4. The molecule has 0 aliphatic carbocycles. The van der Waals surface area contributed by atoms with Crippen molar-refractivity contribution >= 4 is 16.8 Å². The number of pyridine rings is 1. The van der Waals surface area contributed by atoms with Gasteiger partial charge in [-0.3, -0.25) is 14.7 Å². The maximum absolute atomic E-state index is 12.2. The second-order valence-electron chi connectivity index (χ2n) is 9.43. The van der Waals surface area contributed by atoms with Gasteiger partial charge >= 0.3 is 0 Å². The van der Waals surface area contributed by atoms with Gasteiger partial charge in [0.05, 0.1) is 5.52 Å². The van der Waals surface area contributed by atoms with Crippen molar-refractivity contribution in [3.63, 3.8) is 0 Å². The molecule has 3 heterocycles. The summed E-state index contributed by atoms with van der Waals surface area (Å²) in [7, 11) is 0. The molecule has 1 amide bonds. The van der Waals surface area contributed by atoms with Crippen molar-refractivity contribution in [2.45, 2.75) is 52.1 Å². The number of aromatic nitrogens is 1. The Bertz CT molecular complexity index is 859. The van der Waals surface area contributed by atoms with Crippen molar-refractivity contribution in [1.29, 1.82) is 0 Å². The Balaban J connectivity index is 1.47. The van der Waals surface area contributed by atoms with Gasteiger partial charge in [0.2, 0.25) is 5.91 Å². The number of para-hydroxylation sites is 1. The monoisotopic (exact) mass is 408 g/mol. The van der Waals surface area contributed by atoms with E-state index >= 15 is 0 Å². The van der Waals surface area contributed by atoms with Crippen LogP contribution in [0.5, 0.6) is 0 Å². The number of piperidine rings is 1. The lowest BCUT2D eigenvalue weighted by molar-refractivity contribution is -0.129. The second kappa shape index (κ2) is 9.44. The lowest BCUT2D eigenvalue weighted by atomic mass is 9.96. The fraction of sp³-hybridized carbons (Fsp3) is 0.600. The number of carbonyl (C=O) groups is 1. The van der Waals surface area contributed by atoms with Crippen LogP contribution in [0.4, 0.5) is 0 Å². The first-order valence-electron chi connectivity index (χ1n) is 11.6. The van der Waals surface area contributed by atoms with Crippen molar-refractivity contribution in [3.05, 3.63) is 42.1 Å². The summed E-state index contributed by atoms with van der Waals surface area (Å²) in [4.78, 5) is 24.2. The Labute approximate surface area is 181 Å². The van der Waals surface area contributed by atoms with Gasteiger partial charge in [-0.1, -0.05) is 18.2 Å². The standard InChI is InChI=1S/C25H36N4O/c1-19(2)27-10-8-24(9-11-27)29-13-12-28(20(3)30)17-22(18-29)14-21-15-23-6-4-5-7-25(23)26-16-21/h4-7,15-16,19,22,24H,8-14,17-18H2,1-3H3. The highest BCUT2D eigenvalue weighted by atomic mass is 16.2. The first-order chi connectivity index (χ1) is 14.5. The first kappa shape index (κ1) is 21.3. The molecule has 0 radical (unpaired) electrons. The van der Waals surface area contributed by atoms with Crippen molar-refractivity contribution < 1.29 is 4.79 Å². The van der Waals surface area contributed by atoms with Crippen molar-refractivity contribution in [3.8, 4) is 0 Å². The smallest absolute Gasteiger partial charge is 0.219 e. The van der Waals surface area contributed by atoms with Gasteiger partial charge in [-0.25, -0.2) is 0 Å². The van der Waals surface area contributed by atoms with Crippen LogP contribution in [-0.2, 0) is 11.2 Å². The number of carbonyl (C=O) groups excluding carboxylic acids is 1. The average molecular weight is 409 g/mol. The number of hydrogen-bond donors (Lipinski definition) is 0. The molecule has 30 heavy (non-hydrogen) atoms. The van der Waals surface area contributed by atoms with Crippen LogP contribution in [0, 0.1) is 5.92 Å². The van der Waals surface area contributed by atoms with Crippen molar-refractivity contribution in [1.82, 2.24) is 19.7 Å². The van der Waals surface area contributed by atoms with E-state index in [0.717, 1.165) is 38.1 Å². The van der Waals surface area contributed by atoms with Crippen LogP contribution in [0.25, 0.3) is 10.9 Å². The van der Waals surface area contributed by atoms with Crippen molar-refractivity contribution in [2.75, 3.05) is 39.3 Å². The highest BCUT2D eigenvalue weighted by Crippen LogP contribution is 2.24. The zero-order chi connectivity index (χ0) is 21.1. The summed E-state index contributed by atoms with van der Waals surface area (Å²) in [5, 5.41) is 1.20. The molecule has 1 unspecified atom stereocenters. The van der Waals surface area contributed by atoms with E-state index in [1.54, 1.807) is 6.92 Å². The van der Waals surface area contributed by atoms with Gasteiger partial charge in [-0.15, -0.1) is 0 Å². The fourth-order valence-electron chi connectivity index (χ4n) is 5.21. The molecule has 1 aromatic carbocycles. The van der Waals surface area contributed by atoms with E-state index in [-0.39, 0.29) is 5.91 Å². The van der Waals surface area contributed by atoms with Gasteiger partial charge in [0.15, 0.2) is 0 Å². The van der Waals surface area contributed by atoms with E-state index < -0.39 is 0 Å². The summed E-state index contributed by atoms with van der Waals surface area (Å²) < 4.78 is 0. The van der Waals surface area contributed by atoms with Gasteiger partial charge in [-0.2, -0.15) is 0 Å². The van der Waals surface area contributed by atoms with E-state index in [9.17, 15) is 4.79 Å². The van der Waals surface area contributed by atoms with Gasteiger partial charge in [0.25, 0.3) is 0 Å². The van der Waals surface area contributed by atoms with Crippen LogP contribution in [0.2, 0.25) is 0 Å². The van der Waals surface area contributed by atoms with Gasteiger partial charge in [0, 0.05) is 56.8 Å². The SMILES string of the molecule is CC(=O)N1CCN(C2CCN(C(C)C)CC2)CC(Cc2cnc3ccccc3c2)C1. The molecule has 0 saturated carbocycles. The molecule has 5 heteroatoms. The molecule has 0 spiro atoms. The molecule has 0 N–H and O–H groups in total. The second-order valence-corrected chi connectivity index (χ2v) is 9.43. The van der Waals surface area contributed by atoms with Crippen molar-refractivity contribution in [2.24, 2.45) is 5.92 Å². The van der Waals surface area contributed by atoms with Crippen LogP contribution in [-0.4, -0.2) is 76.9 Å². The van der Waals surface area contributed by atoms with E-state index in [0.29, 0.717) is 18.0 Å². The predicted molar refractivity (Wildman–Crippen MR) is 122 cm³/mol.